The minimum absolute atomic E-state index is 0.0610. The van der Waals surface area contributed by atoms with Gasteiger partial charge in [-0.15, -0.1) is 0 Å². The van der Waals surface area contributed by atoms with Crippen molar-refractivity contribution in [2.24, 2.45) is 0 Å². The number of hydrogen-bond donors (Lipinski definition) is 1. The molecule has 6 nitrogen and oxygen atoms in total. The summed E-state index contributed by atoms with van der Waals surface area (Å²) in [6.07, 6.45) is 3.95. The van der Waals surface area contributed by atoms with Gasteiger partial charge in [-0.3, -0.25) is 9.59 Å². The Balaban J connectivity index is 1.97. The molecule has 0 spiro atoms. The molecule has 1 atom stereocenters. The molecule has 1 amide bonds. The van der Waals surface area contributed by atoms with E-state index in [9.17, 15) is 9.59 Å². The first-order chi connectivity index (χ1) is 11.6. The molecule has 2 aromatic heterocycles. The van der Waals surface area contributed by atoms with Crippen LogP contribution in [0.5, 0.6) is 0 Å². The van der Waals surface area contributed by atoms with Gasteiger partial charge in [0.15, 0.2) is 11.4 Å². The van der Waals surface area contributed by atoms with Crippen molar-refractivity contribution < 1.29 is 9.59 Å². The maximum Gasteiger partial charge on any atom is 0.270 e. The van der Waals surface area contributed by atoms with Gasteiger partial charge in [0.25, 0.3) is 5.91 Å². The SMILES string of the molecule is CCC(C)NC(=O)c1ccn2ncc(C(=O)c3ccccc3)c2n1. The minimum Gasteiger partial charge on any atom is -0.348 e. The second-order valence-electron chi connectivity index (χ2n) is 5.62. The molecule has 0 aliphatic carbocycles. The third kappa shape index (κ3) is 3.03. The number of amides is 1. The summed E-state index contributed by atoms with van der Waals surface area (Å²) in [6.45, 7) is 3.93. The number of carbonyl (C=O) groups excluding carboxylic acids is 2. The van der Waals surface area contributed by atoms with Crippen LogP contribution in [0.3, 0.4) is 0 Å². The average molecular weight is 322 g/mol. The van der Waals surface area contributed by atoms with Crippen LogP contribution in [0.25, 0.3) is 5.65 Å². The van der Waals surface area contributed by atoms with Gasteiger partial charge in [0.2, 0.25) is 0 Å². The van der Waals surface area contributed by atoms with Crippen LogP contribution in [0.1, 0.15) is 46.7 Å². The molecule has 3 rings (SSSR count). The molecule has 3 aromatic rings. The van der Waals surface area contributed by atoms with Crippen LogP contribution < -0.4 is 5.32 Å². The first-order valence-electron chi connectivity index (χ1n) is 7.85. The van der Waals surface area contributed by atoms with Crippen LogP contribution in [0, 0.1) is 0 Å². The Hall–Kier alpha value is -3.02. The zero-order chi connectivity index (χ0) is 17.1. The number of fused-ring (bicyclic) bond motifs is 1. The summed E-state index contributed by atoms with van der Waals surface area (Å²) in [5, 5.41) is 7.01. The van der Waals surface area contributed by atoms with Gasteiger partial charge in [-0.25, -0.2) is 9.50 Å². The quantitative estimate of drug-likeness (QED) is 0.732. The molecule has 2 heterocycles. The highest BCUT2D eigenvalue weighted by atomic mass is 16.2. The molecule has 0 aliphatic heterocycles. The van der Waals surface area contributed by atoms with Crippen molar-refractivity contribution in [3.63, 3.8) is 0 Å². The van der Waals surface area contributed by atoms with E-state index in [-0.39, 0.29) is 23.4 Å². The first kappa shape index (κ1) is 15.9. The fraction of sp³-hybridized carbons (Fsp3) is 0.222. The van der Waals surface area contributed by atoms with E-state index >= 15 is 0 Å². The minimum atomic E-state index is -0.258. The number of ketones is 1. The predicted octanol–water partition coefficient (Wildman–Crippen LogP) is 2.49. The van der Waals surface area contributed by atoms with Gasteiger partial charge in [-0.1, -0.05) is 37.3 Å². The summed E-state index contributed by atoms with van der Waals surface area (Å²) in [5.41, 5.74) is 1.58. The summed E-state index contributed by atoms with van der Waals surface area (Å²) < 4.78 is 1.50. The Morgan fingerprint density at radius 3 is 2.67 bits per heavy atom. The lowest BCUT2D eigenvalue weighted by molar-refractivity contribution is 0.0933. The Kier molecular flexibility index (Phi) is 4.37. The largest absolute Gasteiger partial charge is 0.348 e. The highest BCUT2D eigenvalue weighted by Gasteiger charge is 2.18. The van der Waals surface area contributed by atoms with Crippen molar-refractivity contribution in [3.8, 4) is 0 Å². The van der Waals surface area contributed by atoms with Crippen LogP contribution in [0.4, 0.5) is 0 Å². The van der Waals surface area contributed by atoms with Crippen LogP contribution in [-0.4, -0.2) is 32.3 Å². The molecule has 0 saturated heterocycles. The fourth-order valence-corrected chi connectivity index (χ4v) is 2.30. The van der Waals surface area contributed by atoms with Gasteiger partial charge < -0.3 is 5.32 Å². The number of nitrogens with zero attached hydrogens (tertiary/aromatic N) is 3. The zero-order valence-corrected chi connectivity index (χ0v) is 13.6. The molecule has 1 N–H and O–H groups in total. The van der Waals surface area contributed by atoms with E-state index in [1.807, 2.05) is 19.9 Å². The van der Waals surface area contributed by atoms with E-state index in [0.717, 1.165) is 6.42 Å². The number of carbonyl (C=O) groups is 2. The third-order valence-electron chi connectivity index (χ3n) is 3.87. The van der Waals surface area contributed by atoms with Crippen molar-refractivity contribution >= 4 is 17.3 Å². The molecule has 0 bridgehead atoms. The lowest BCUT2D eigenvalue weighted by Gasteiger charge is -2.10. The molecule has 6 heteroatoms. The molecule has 0 radical (unpaired) electrons. The summed E-state index contributed by atoms with van der Waals surface area (Å²) in [7, 11) is 0. The molecular weight excluding hydrogens is 304 g/mol. The number of benzene rings is 1. The Labute approximate surface area is 139 Å². The molecule has 24 heavy (non-hydrogen) atoms. The molecule has 1 aromatic carbocycles. The molecule has 122 valence electrons. The second kappa shape index (κ2) is 6.62. The smallest absolute Gasteiger partial charge is 0.270 e. The van der Waals surface area contributed by atoms with E-state index in [4.69, 9.17) is 0 Å². The number of nitrogens with one attached hydrogen (secondary N) is 1. The van der Waals surface area contributed by atoms with Gasteiger partial charge in [0.05, 0.1) is 11.8 Å². The average Bonchev–Trinajstić information content (AvgIpc) is 3.04. The maximum atomic E-state index is 12.6. The summed E-state index contributed by atoms with van der Waals surface area (Å²) in [6, 6.07) is 10.6. The van der Waals surface area contributed by atoms with Crippen LogP contribution in [-0.2, 0) is 0 Å². The van der Waals surface area contributed by atoms with Gasteiger partial charge >= 0.3 is 0 Å². The Morgan fingerprint density at radius 1 is 1.21 bits per heavy atom. The van der Waals surface area contributed by atoms with Crippen LogP contribution in [0.2, 0.25) is 0 Å². The van der Waals surface area contributed by atoms with Crippen molar-refractivity contribution in [3.05, 3.63) is 65.6 Å². The van der Waals surface area contributed by atoms with E-state index < -0.39 is 0 Å². The third-order valence-corrected chi connectivity index (χ3v) is 3.87. The van der Waals surface area contributed by atoms with E-state index in [0.29, 0.717) is 16.8 Å². The van der Waals surface area contributed by atoms with Crippen molar-refractivity contribution in [1.82, 2.24) is 19.9 Å². The topological polar surface area (TPSA) is 76.4 Å². The number of hydrogen-bond acceptors (Lipinski definition) is 4. The first-order valence-corrected chi connectivity index (χ1v) is 7.85. The zero-order valence-electron chi connectivity index (χ0n) is 13.6. The Morgan fingerprint density at radius 2 is 1.96 bits per heavy atom. The van der Waals surface area contributed by atoms with Gasteiger partial charge in [-0.05, 0) is 19.4 Å². The number of rotatable bonds is 5. The molecule has 0 aliphatic rings. The molecular formula is C18H18N4O2. The lowest BCUT2D eigenvalue weighted by atomic mass is 10.1. The standard InChI is InChI=1S/C18H18N4O2/c1-3-12(2)20-18(24)15-9-10-22-17(21-15)14(11-19-22)16(23)13-7-5-4-6-8-13/h4-12H,3H2,1-2H3,(H,20,24). The highest BCUT2D eigenvalue weighted by Crippen LogP contribution is 2.14. The second-order valence-corrected chi connectivity index (χ2v) is 5.62. The van der Waals surface area contributed by atoms with Crippen molar-refractivity contribution in [2.75, 3.05) is 0 Å². The van der Waals surface area contributed by atoms with Crippen molar-refractivity contribution in [1.29, 1.82) is 0 Å². The highest BCUT2D eigenvalue weighted by molar-refractivity contribution is 6.12. The summed E-state index contributed by atoms with van der Waals surface area (Å²) in [5.74, 6) is -0.427. The molecule has 1 unspecified atom stereocenters. The Bertz CT molecular complexity index is 886. The van der Waals surface area contributed by atoms with E-state index in [2.05, 4.69) is 15.4 Å². The van der Waals surface area contributed by atoms with Gasteiger partial charge in [0, 0.05) is 17.8 Å². The summed E-state index contributed by atoms with van der Waals surface area (Å²) >= 11 is 0. The van der Waals surface area contributed by atoms with Crippen LogP contribution in [0.15, 0.2) is 48.8 Å². The van der Waals surface area contributed by atoms with E-state index in [1.54, 1.807) is 36.5 Å². The predicted molar refractivity (Wildman–Crippen MR) is 90.1 cm³/mol. The lowest BCUT2D eigenvalue weighted by Crippen LogP contribution is -2.32. The fourth-order valence-electron chi connectivity index (χ4n) is 2.30. The van der Waals surface area contributed by atoms with E-state index in [1.165, 1.54) is 10.7 Å². The van der Waals surface area contributed by atoms with Crippen molar-refractivity contribution in [2.45, 2.75) is 26.3 Å². The van der Waals surface area contributed by atoms with Crippen LogP contribution >= 0.6 is 0 Å². The monoisotopic (exact) mass is 322 g/mol. The number of aromatic nitrogens is 3. The normalized spacial score (nSPS) is 12.1. The summed E-state index contributed by atoms with van der Waals surface area (Å²) in [4.78, 5) is 29.2. The molecule has 0 fully saturated rings. The molecule has 0 saturated carbocycles. The van der Waals surface area contributed by atoms with Gasteiger partial charge in [-0.2, -0.15) is 5.10 Å². The maximum absolute atomic E-state index is 12.6. The van der Waals surface area contributed by atoms with Gasteiger partial charge in [0.1, 0.15) is 5.69 Å².